The molecule has 0 saturated heterocycles. The quantitative estimate of drug-likeness (QED) is 0.351. The van der Waals surface area contributed by atoms with Gasteiger partial charge in [0.1, 0.15) is 12.2 Å². The Morgan fingerprint density at radius 2 is 1.97 bits per heavy atom. The Hall–Kier alpha value is -2.68. The molecule has 2 aromatic carbocycles. The molecule has 0 amide bonds. The van der Waals surface area contributed by atoms with Crippen molar-refractivity contribution in [2.45, 2.75) is 37.8 Å². The van der Waals surface area contributed by atoms with Crippen LogP contribution < -0.4 is 0 Å². The van der Waals surface area contributed by atoms with Crippen LogP contribution in [0.4, 0.5) is 13.2 Å². The number of benzene rings is 2. The Morgan fingerprint density at radius 3 is 2.62 bits per heavy atom. The molecule has 2 aromatic heterocycles. The number of rotatable bonds is 4. The van der Waals surface area contributed by atoms with Crippen molar-refractivity contribution in [2.24, 2.45) is 13.0 Å². The molecular formula is C23H21BrF3N5. The van der Waals surface area contributed by atoms with E-state index in [4.69, 9.17) is 0 Å². The van der Waals surface area contributed by atoms with Crippen LogP contribution in [-0.2, 0) is 25.1 Å². The summed E-state index contributed by atoms with van der Waals surface area (Å²) in [7, 11) is 1.94. The molecule has 32 heavy (non-hydrogen) atoms. The molecule has 9 heteroatoms. The molecule has 0 bridgehead atoms. The lowest BCUT2D eigenvalue weighted by molar-refractivity contribution is -0.136. The highest BCUT2D eigenvalue weighted by Gasteiger charge is 2.44. The van der Waals surface area contributed by atoms with Gasteiger partial charge in [0.2, 0.25) is 0 Å². The van der Waals surface area contributed by atoms with Crippen LogP contribution >= 0.6 is 15.9 Å². The Labute approximate surface area is 191 Å². The van der Waals surface area contributed by atoms with Gasteiger partial charge < -0.3 is 4.57 Å². The van der Waals surface area contributed by atoms with E-state index in [-0.39, 0.29) is 10.8 Å². The molecule has 1 aliphatic rings. The summed E-state index contributed by atoms with van der Waals surface area (Å²) in [6.07, 6.45) is 1.52. The number of aromatic nitrogens is 5. The van der Waals surface area contributed by atoms with Crippen molar-refractivity contribution in [3.05, 3.63) is 70.3 Å². The van der Waals surface area contributed by atoms with Crippen molar-refractivity contribution in [2.75, 3.05) is 0 Å². The van der Waals surface area contributed by atoms with Crippen LogP contribution in [0.1, 0.15) is 36.7 Å². The van der Waals surface area contributed by atoms with Gasteiger partial charge in [0, 0.05) is 34.9 Å². The highest BCUT2D eigenvalue weighted by atomic mass is 79.9. The Bertz CT molecular complexity index is 1300. The van der Waals surface area contributed by atoms with Gasteiger partial charge >= 0.3 is 6.18 Å². The van der Waals surface area contributed by atoms with Gasteiger partial charge in [-0.05, 0) is 48.6 Å². The topological polar surface area (TPSA) is 48.5 Å². The number of fused-ring (bicyclic) bond motifs is 1. The number of alkyl halides is 3. The van der Waals surface area contributed by atoms with Crippen molar-refractivity contribution in [3.63, 3.8) is 0 Å². The van der Waals surface area contributed by atoms with Crippen LogP contribution in [0.5, 0.6) is 0 Å². The predicted molar refractivity (Wildman–Crippen MR) is 119 cm³/mol. The van der Waals surface area contributed by atoms with Gasteiger partial charge in [-0.1, -0.05) is 35.0 Å². The SMILES string of the molecule is Cn1cnnc1C[C@]1(c2cccc(-n3cc4c(C(F)(F)F)cc(Br)cc4n3)c2)C[C@H](C)C1. The van der Waals surface area contributed by atoms with E-state index in [1.54, 1.807) is 12.4 Å². The second kappa shape index (κ2) is 7.43. The fourth-order valence-electron chi connectivity index (χ4n) is 4.96. The summed E-state index contributed by atoms with van der Waals surface area (Å²) < 4.78 is 44.5. The van der Waals surface area contributed by atoms with Gasteiger partial charge in [-0.25, -0.2) is 4.68 Å². The average Bonchev–Trinajstić information content (AvgIpc) is 3.31. The summed E-state index contributed by atoms with van der Waals surface area (Å²) in [5, 5.41) is 12.8. The molecule has 0 unspecified atom stereocenters. The first-order valence-electron chi connectivity index (χ1n) is 10.3. The smallest absolute Gasteiger partial charge is 0.321 e. The fourth-order valence-corrected chi connectivity index (χ4v) is 5.41. The van der Waals surface area contributed by atoms with E-state index in [2.05, 4.69) is 44.2 Å². The monoisotopic (exact) mass is 503 g/mol. The third-order valence-corrected chi connectivity index (χ3v) is 6.86. The maximum atomic E-state index is 13.6. The van der Waals surface area contributed by atoms with Crippen LogP contribution in [0.2, 0.25) is 0 Å². The molecule has 5 nitrogen and oxygen atoms in total. The summed E-state index contributed by atoms with van der Waals surface area (Å²) in [6.45, 7) is 2.23. The second-order valence-corrected chi connectivity index (χ2v) is 9.75. The Morgan fingerprint density at radius 1 is 1.19 bits per heavy atom. The predicted octanol–water partition coefficient (Wildman–Crippen LogP) is 5.85. The van der Waals surface area contributed by atoms with E-state index in [9.17, 15) is 13.2 Å². The second-order valence-electron chi connectivity index (χ2n) is 8.84. The summed E-state index contributed by atoms with van der Waals surface area (Å²) in [5.41, 5.74) is 1.41. The summed E-state index contributed by atoms with van der Waals surface area (Å²) in [5.74, 6) is 1.53. The van der Waals surface area contributed by atoms with Gasteiger partial charge in [-0.2, -0.15) is 18.3 Å². The van der Waals surface area contributed by atoms with Gasteiger partial charge in [0.15, 0.2) is 0 Å². The fraction of sp³-hybridized carbons (Fsp3) is 0.348. The summed E-state index contributed by atoms with van der Waals surface area (Å²) in [4.78, 5) is 0. The van der Waals surface area contributed by atoms with E-state index in [0.29, 0.717) is 15.9 Å². The molecule has 5 rings (SSSR count). The molecule has 166 valence electrons. The lowest BCUT2D eigenvalue weighted by Gasteiger charge is -2.47. The first-order chi connectivity index (χ1) is 15.1. The summed E-state index contributed by atoms with van der Waals surface area (Å²) >= 11 is 3.17. The zero-order valence-corrected chi connectivity index (χ0v) is 19.2. The molecule has 2 heterocycles. The zero-order valence-electron chi connectivity index (χ0n) is 17.6. The maximum Gasteiger partial charge on any atom is 0.417 e. The Kier molecular flexibility index (Phi) is 4.92. The van der Waals surface area contributed by atoms with Gasteiger partial charge in [0.25, 0.3) is 0 Å². The minimum absolute atomic E-state index is 0.0665. The molecule has 1 aliphatic carbocycles. The van der Waals surface area contributed by atoms with Gasteiger partial charge in [0.05, 0.1) is 16.8 Å². The van der Waals surface area contributed by atoms with Crippen LogP contribution in [0, 0.1) is 5.92 Å². The van der Waals surface area contributed by atoms with Crippen LogP contribution in [-0.4, -0.2) is 24.5 Å². The summed E-state index contributed by atoms with van der Waals surface area (Å²) in [6, 6.07) is 10.6. The molecule has 0 aliphatic heterocycles. The minimum Gasteiger partial charge on any atom is -0.321 e. The van der Waals surface area contributed by atoms with Crippen molar-refractivity contribution in [3.8, 4) is 5.69 Å². The standard InChI is InChI=1S/C23H21BrF3N5/c1-14-9-22(10-14,11-21-29-28-13-31(21)2)15-4-3-5-17(6-15)32-12-18-19(23(25,26)27)7-16(24)8-20(18)30-32/h3-8,12-14H,9-11H2,1-2H3/t14-,22-. The van der Waals surface area contributed by atoms with Crippen molar-refractivity contribution in [1.82, 2.24) is 24.5 Å². The maximum absolute atomic E-state index is 13.6. The van der Waals surface area contributed by atoms with E-state index >= 15 is 0 Å². The molecular weight excluding hydrogens is 483 g/mol. The van der Waals surface area contributed by atoms with Crippen LogP contribution in [0.25, 0.3) is 16.6 Å². The van der Waals surface area contributed by atoms with Gasteiger partial charge in [-0.3, -0.25) is 0 Å². The average molecular weight is 504 g/mol. The van der Waals surface area contributed by atoms with E-state index in [1.807, 2.05) is 29.8 Å². The van der Waals surface area contributed by atoms with E-state index in [1.165, 1.54) is 10.9 Å². The highest BCUT2D eigenvalue weighted by molar-refractivity contribution is 9.10. The minimum atomic E-state index is -4.46. The van der Waals surface area contributed by atoms with Gasteiger partial charge in [-0.15, -0.1) is 10.2 Å². The molecule has 0 radical (unpaired) electrons. The number of halogens is 4. The number of hydrogen-bond donors (Lipinski definition) is 0. The first-order valence-corrected chi connectivity index (χ1v) is 11.1. The zero-order chi connectivity index (χ0) is 22.7. The molecule has 0 N–H and O–H groups in total. The van der Waals surface area contributed by atoms with Crippen molar-refractivity contribution < 1.29 is 13.2 Å². The number of hydrogen-bond acceptors (Lipinski definition) is 3. The number of aryl methyl sites for hydroxylation is 1. The molecule has 1 saturated carbocycles. The Balaban J connectivity index is 1.57. The normalized spacial score (nSPS) is 21.1. The van der Waals surface area contributed by atoms with Crippen LogP contribution in [0.3, 0.4) is 0 Å². The largest absolute Gasteiger partial charge is 0.417 e. The lowest BCUT2D eigenvalue weighted by atomic mass is 9.57. The van der Waals surface area contributed by atoms with Crippen LogP contribution in [0.15, 0.2) is 53.4 Å². The third kappa shape index (κ3) is 3.62. The number of nitrogens with zero attached hydrogens (tertiary/aromatic N) is 5. The third-order valence-electron chi connectivity index (χ3n) is 6.40. The van der Waals surface area contributed by atoms with E-state index < -0.39 is 11.7 Å². The molecule has 1 fully saturated rings. The first kappa shape index (κ1) is 21.2. The molecule has 0 spiro atoms. The van der Waals surface area contributed by atoms with Crippen molar-refractivity contribution in [1.29, 1.82) is 0 Å². The van der Waals surface area contributed by atoms with Crippen molar-refractivity contribution >= 4 is 26.8 Å². The van der Waals surface area contributed by atoms with E-state index in [0.717, 1.165) is 42.4 Å². The molecule has 4 aromatic rings. The molecule has 0 atom stereocenters. The highest BCUT2D eigenvalue weighted by Crippen LogP contribution is 2.50. The lowest BCUT2D eigenvalue weighted by Crippen LogP contribution is -2.42.